The van der Waals surface area contributed by atoms with E-state index in [4.69, 9.17) is 27.9 Å². The van der Waals surface area contributed by atoms with Gasteiger partial charge < -0.3 is 14.7 Å². The summed E-state index contributed by atoms with van der Waals surface area (Å²) in [4.78, 5) is 13.4. The van der Waals surface area contributed by atoms with Gasteiger partial charge in [-0.15, -0.1) is 0 Å². The number of carbonyl (C=O) groups is 1. The lowest BCUT2D eigenvalue weighted by Crippen LogP contribution is -2.30. The number of aliphatic hydroxyl groups excluding tert-OH is 1. The predicted octanol–water partition coefficient (Wildman–Crippen LogP) is 2.36. The van der Waals surface area contributed by atoms with E-state index in [1.54, 1.807) is 23.1 Å². The van der Waals surface area contributed by atoms with Crippen molar-refractivity contribution >= 4 is 29.1 Å². The van der Waals surface area contributed by atoms with Crippen LogP contribution in [0.4, 0.5) is 0 Å². The van der Waals surface area contributed by atoms with Gasteiger partial charge in [-0.3, -0.25) is 4.79 Å². The molecule has 1 aliphatic rings. The first-order valence-corrected chi connectivity index (χ1v) is 6.85. The van der Waals surface area contributed by atoms with Gasteiger partial charge in [0.05, 0.1) is 29.2 Å². The lowest BCUT2D eigenvalue weighted by Gasteiger charge is -2.15. The highest BCUT2D eigenvalue weighted by Gasteiger charge is 2.23. The molecule has 1 aromatic rings. The van der Waals surface area contributed by atoms with Gasteiger partial charge in [0.2, 0.25) is 5.91 Å². The van der Waals surface area contributed by atoms with Crippen LogP contribution < -0.4 is 4.74 Å². The number of halogens is 2. The van der Waals surface area contributed by atoms with Gasteiger partial charge in [0.25, 0.3) is 0 Å². The quantitative estimate of drug-likeness (QED) is 0.929. The van der Waals surface area contributed by atoms with Gasteiger partial charge in [0.15, 0.2) is 0 Å². The van der Waals surface area contributed by atoms with E-state index in [9.17, 15) is 9.90 Å². The van der Waals surface area contributed by atoms with E-state index in [0.717, 1.165) is 0 Å². The van der Waals surface area contributed by atoms with Crippen molar-refractivity contribution in [2.24, 2.45) is 0 Å². The molecule has 0 radical (unpaired) electrons. The summed E-state index contributed by atoms with van der Waals surface area (Å²) >= 11 is 11.7. The Balaban J connectivity index is 1.77. The standard InChI is InChI=1S/C13H15Cl2NO3/c14-11-2-1-10(7-12(11)15)19-6-4-13(18)16-5-3-9(17)8-16/h1-2,7,9,17H,3-6,8H2. The highest BCUT2D eigenvalue weighted by atomic mass is 35.5. The van der Waals surface area contributed by atoms with E-state index in [1.807, 2.05) is 0 Å². The SMILES string of the molecule is O=C(CCOc1ccc(Cl)c(Cl)c1)N1CCC(O)C1. The van der Waals surface area contributed by atoms with Crippen LogP contribution >= 0.6 is 23.2 Å². The fourth-order valence-electron chi connectivity index (χ4n) is 1.95. The molecule has 1 atom stereocenters. The van der Waals surface area contributed by atoms with Gasteiger partial charge in [0, 0.05) is 19.2 Å². The second-order valence-corrected chi connectivity index (χ2v) is 5.27. The second kappa shape index (κ2) is 6.46. The summed E-state index contributed by atoms with van der Waals surface area (Å²) in [6, 6.07) is 4.98. The first kappa shape index (κ1) is 14.4. The third-order valence-electron chi connectivity index (χ3n) is 2.99. The van der Waals surface area contributed by atoms with Crippen molar-refractivity contribution in [3.63, 3.8) is 0 Å². The van der Waals surface area contributed by atoms with Crippen molar-refractivity contribution in [2.45, 2.75) is 18.9 Å². The molecule has 0 spiro atoms. The molecule has 19 heavy (non-hydrogen) atoms. The molecule has 4 nitrogen and oxygen atoms in total. The van der Waals surface area contributed by atoms with Crippen LogP contribution in [0.1, 0.15) is 12.8 Å². The molecule has 0 aliphatic carbocycles. The Hall–Kier alpha value is -0.970. The number of rotatable bonds is 4. The average Bonchev–Trinajstić information content (AvgIpc) is 2.80. The molecule has 1 unspecified atom stereocenters. The molecule has 0 bridgehead atoms. The van der Waals surface area contributed by atoms with Gasteiger partial charge in [-0.2, -0.15) is 0 Å². The number of likely N-dealkylation sites (tertiary alicyclic amines) is 1. The van der Waals surface area contributed by atoms with Crippen LogP contribution in [-0.4, -0.2) is 41.7 Å². The number of β-amino-alcohol motifs (C(OH)–C–C–N with tert-alkyl or cyclic N) is 1. The maximum absolute atomic E-state index is 11.8. The van der Waals surface area contributed by atoms with Crippen LogP contribution in [0.5, 0.6) is 5.75 Å². The number of amides is 1. The van der Waals surface area contributed by atoms with Crippen molar-refractivity contribution in [1.82, 2.24) is 4.90 Å². The van der Waals surface area contributed by atoms with Gasteiger partial charge in [0.1, 0.15) is 5.75 Å². The number of nitrogens with zero attached hydrogens (tertiary/aromatic N) is 1. The van der Waals surface area contributed by atoms with Gasteiger partial charge >= 0.3 is 0 Å². The van der Waals surface area contributed by atoms with Crippen molar-refractivity contribution in [3.05, 3.63) is 28.2 Å². The summed E-state index contributed by atoms with van der Waals surface area (Å²) in [5, 5.41) is 10.2. The molecule has 1 fully saturated rings. The first-order chi connectivity index (χ1) is 9.06. The van der Waals surface area contributed by atoms with Crippen LogP contribution in [0.25, 0.3) is 0 Å². The average molecular weight is 304 g/mol. The molecule has 6 heteroatoms. The molecule has 0 aromatic heterocycles. The topological polar surface area (TPSA) is 49.8 Å². The summed E-state index contributed by atoms with van der Waals surface area (Å²) in [5.74, 6) is 0.584. The summed E-state index contributed by atoms with van der Waals surface area (Å²) in [7, 11) is 0. The van der Waals surface area contributed by atoms with E-state index < -0.39 is 0 Å². The minimum atomic E-state index is -0.389. The Kier molecular flexibility index (Phi) is 4.91. The molecule has 2 rings (SSSR count). The Bertz CT molecular complexity index is 467. The monoisotopic (exact) mass is 303 g/mol. The van der Waals surface area contributed by atoms with Gasteiger partial charge in [-0.25, -0.2) is 0 Å². The smallest absolute Gasteiger partial charge is 0.226 e. The fraction of sp³-hybridized carbons (Fsp3) is 0.462. The predicted molar refractivity (Wildman–Crippen MR) is 73.8 cm³/mol. The minimum absolute atomic E-state index is 0.00314. The molecule has 1 heterocycles. The zero-order valence-electron chi connectivity index (χ0n) is 10.3. The van der Waals surface area contributed by atoms with E-state index in [-0.39, 0.29) is 25.0 Å². The number of aliphatic hydroxyl groups is 1. The van der Waals surface area contributed by atoms with Crippen LogP contribution in [0.15, 0.2) is 18.2 Å². The van der Waals surface area contributed by atoms with Crippen molar-refractivity contribution in [1.29, 1.82) is 0 Å². The molecule has 1 aliphatic heterocycles. The lowest BCUT2D eigenvalue weighted by atomic mass is 10.3. The third-order valence-corrected chi connectivity index (χ3v) is 3.73. The highest BCUT2D eigenvalue weighted by molar-refractivity contribution is 6.42. The highest BCUT2D eigenvalue weighted by Crippen LogP contribution is 2.26. The van der Waals surface area contributed by atoms with Crippen molar-refractivity contribution < 1.29 is 14.6 Å². The molecule has 1 amide bonds. The van der Waals surface area contributed by atoms with E-state index >= 15 is 0 Å². The zero-order valence-corrected chi connectivity index (χ0v) is 11.8. The maximum Gasteiger partial charge on any atom is 0.226 e. The maximum atomic E-state index is 11.8. The van der Waals surface area contributed by atoms with Crippen LogP contribution in [0.2, 0.25) is 10.0 Å². The molecule has 104 valence electrons. The molecule has 1 saturated heterocycles. The normalized spacial score (nSPS) is 18.7. The van der Waals surface area contributed by atoms with E-state index in [2.05, 4.69) is 0 Å². The van der Waals surface area contributed by atoms with Crippen LogP contribution in [-0.2, 0) is 4.79 Å². The van der Waals surface area contributed by atoms with Gasteiger partial charge in [-0.1, -0.05) is 23.2 Å². The molecule has 0 saturated carbocycles. The molecule has 1 aromatic carbocycles. The van der Waals surface area contributed by atoms with Crippen LogP contribution in [0, 0.1) is 0 Å². The number of hydrogen-bond acceptors (Lipinski definition) is 3. The molecular formula is C13H15Cl2NO3. The summed E-state index contributed by atoms with van der Waals surface area (Å²) < 4.78 is 5.45. The number of ether oxygens (including phenoxy) is 1. The molecular weight excluding hydrogens is 289 g/mol. The fourth-order valence-corrected chi connectivity index (χ4v) is 2.24. The Morgan fingerprint density at radius 1 is 1.42 bits per heavy atom. The third kappa shape index (κ3) is 4.00. The summed E-state index contributed by atoms with van der Waals surface area (Å²) in [5.41, 5.74) is 0. The Morgan fingerprint density at radius 2 is 2.21 bits per heavy atom. The van der Waals surface area contributed by atoms with Crippen molar-refractivity contribution in [2.75, 3.05) is 19.7 Å². The number of benzene rings is 1. The number of hydrogen-bond donors (Lipinski definition) is 1. The lowest BCUT2D eigenvalue weighted by molar-refractivity contribution is -0.131. The Labute approximate surface area is 121 Å². The second-order valence-electron chi connectivity index (χ2n) is 4.46. The minimum Gasteiger partial charge on any atom is -0.493 e. The van der Waals surface area contributed by atoms with Gasteiger partial charge in [-0.05, 0) is 18.6 Å². The zero-order chi connectivity index (χ0) is 13.8. The number of carbonyl (C=O) groups excluding carboxylic acids is 1. The Morgan fingerprint density at radius 3 is 2.84 bits per heavy atom. The summed E-state index contributed by atoms with van der Waals surface area (Å²) in [6.07, 6.45) is 0.548. The van der Waals surface area contributed by atoms with E-state index in [0.29, 0.717) is 35.3 Å². The summed E-state index contributed by atoms with van der Waals surface area (Å²) in [6.45, 7) is 1.32. The van der Waals surface area contributed by atoms with Crippen molar-refractivity contribution in [3.8, 4) is 5.75 Å². The molecule has 1 N–H and O–H groups in total. The first-order valence-electron chi connectivity index (χ1n) is 6.10. The van der Waals surface area contributed by atoms with Crippen LogP contribution in [0.3, 0.4) is 0 Å². The largest absolute Gasteiger partial charge is 0.493 e. The van der Waals surface area contributed by atoms with E-state index in [1.165, 1.54) is 0 Å².